The number of thiol groups is 1. The third kappa shape index (κ3) is 8.44. The highest BCUT2D eigenvalue weighted by Gasteiger charge is 2.15. The van der Waals surface area contributed by atoms with Crippen LogP contribution in [0.25, 0.3) is 0 Å². The lowest BCUT2D eigenvalue weighted by molar-refractivity contribution is -0.126. The Labute approximate surface area is 118 Å². The molecule has 0 aliphatic rings. The van der Waals surface area contributed by atoms with Crippen LogP contribution in [0, 0.1) is 0 Å². The van der Waals surface area contributed by atoms with Crippen LogP contribution in [0.3, 0.4) is 0 Å². The fourth-order valence-corrected chi connectivity index (χ4v) is 1.60. The number of carbonyl (C=O) groups excluding carboxylic acids is 3. The first-order chi connectivity index (χ1) is 8.88. The van der Waals surface area contributed by atoms with E-state index < -0.39 is 18.0 Å². The molecule has 0 fully saturated rings. The van der Waals surface area contributed by atoms with E-state index in [1.165, 1.54) is 6.92 Å². The predicted molar refractivity (Wildman–Crippen MR) is 75.5 cm³/mol. The highest BCUT2D eigenvalue weighted by Crippen LogP contribution is 2.00. The Morgan fingerprint density at radius 2 is 1.89 bits per heavy atom. The maximum Gasteiger partial charge on any atom is 0.239 e. The van der Waals surface area contributed by atoms with Gasteiger partial charge in [-0.2, -0.15) is 12.6 Å². The number of amides is 3. The molecular weight excluding hydrogens is 268 g/mol. The topological polar surface area (TPSA) is 127 Å². The zero-order chi connectivity index (χ0) is 14.8. The van der Waals surface area contributed by atoms with E-state index in [0.29, 0.717) is 25.8 Å². The minimum Gasteiger partial charge on any atom is -0.368 e. The van der Waals surface area contributed by atoms with Gasteiger partial charge in [0.15, 0.2) is 0 Å². The van der Waals surface area contributed by atoms with E-state index in [1.807, 2.05) is 0 Å². The molecule has 8 heteroatoms. The van der Waals surface area contributed by atoms with Gasteiger partial charge < -0.3 is 22.1 Å². The average molecular weight is 290 g/mol. The van der Waals surface area contributed by atoms with Crippen LogP contribution in [-0.2, 0) is 14.4 Å². The van der Waals surface area contributed by atoms with Gasteiger partial charge in [0.1, 0.15) is 6.04 Å². The van der Waals surface area contributed by atoms with E-state index in [9.17, 15) is 14.4 Å². The van der Waals surface area contributed by atoms with Gasteiger partial charge in [0.05, 0.1) is 6.04 Å². The number of hydrogen-bond acceptors (Lipinski definition) is 5. The molecule has 2 atom stereocenters. The van der Waals surface area contributed by atoms with Gasteiger partial charge in [-0.05, 0) is 19.3 Å². The smallest absolute Gasteiger partial charge is 0.239 e. The molecule has 0 saturated carbocycles. The Balaban J connectivity index is 3.80. The first kappa shape index (κ1) is 17.7. The average Bonchev–Trinajstić information content (AvgIpc) is 2.34. The molecule has 0 radical (unpaired) electrons. The van der Waals surface area contributed by atoms with Crippen LogP contribution in [0.2, 0.25) is 0 Å². The van der Waals surface area contributed by atoms with Crippen molar-refractivity contribution in [1.29, 1.82) is 0 Å². The second kappa shape index (κ2) is 9.62. The molecule has 0 heterocycles. The molecule has 0 rings (SSSR count). The second-order valence-electron chi connectivity index (χ2n) is 4.23. The molecule has 0 aliphatic carbocycles. The monoisotopic (exact) mass is 290 g/mol. The molecule has 3 amide bonds. The number of carbonyl (C=O) groups is 3. The fourth-order valence-electron chi connectivity index (χ4n) is 1.43. The molecule has 0 saturated heterocycles. The molecule has 0 aromatic rings. The summed E-state index contributed by atoms with van der Waals surface area (Å²) in [4.78, 5) is 33.2. The van der Waals surface area contributed by atoms with Crippen molar-refractivity contribution in [3.8, 4) is 0 Å². The number of nitrogens with two attached hydrogens (primary N) is 2. The van der Waals surface area contributed by atoms with Crippen LogP contribution in [0.4, 0.5) is 0 Å². The van der Waals surface area contributed by atoms with Crippen LogP contribution in [0.5, 0.6) is 0 Å². The van der Waals surface area contributed by atoms with Gasteiger partial charge >= 0.3 is 0 Å². The second-order valence-corrected chi connectivity index (χ2v) is 4.60. The summed E-state index contributed by atoms with van der Waals surface area (Å²) < 4.78 is 0. The lowest BCUT2D eigenvalue weighted by atomic mass is 10.1. The molecular formula is C11H22N4O3S. The van der Waals surface area contributed by atoms with Crippen molar-refractivity contribution in [3.05, 3.63) is 0 Å². The van der Waals surface area contributed by atoms with Crippen LogP contribution in [0.15, 0.2) is 0 Å². The number of primary amides is 1. The summed E-state index contributed by atoms with van der Waals surface area (Å²) >= 11 is 3.92. The highest BCUT2D eigenvalue weighted by atomic mass is 32.1. The molecule has 0 bridgehead atoms. The third-order valence-electron chi connectivity index (χ3n) is 2.47. The van der Waals surface area contributed by atoms with Crippen molar-refractivity contribution in [3.63, 3.8) is 0 Å². The largest absolute Gasteiger partial charge is 0.368 e. The van der Waals surface area contributed by atoms with Crippen molar-refractivity contribution in [2.75, 3.05) is 12.3 Å². The van der Waals surface area contributed by atoms with E-state index in [4.69, 9.17) is 11.5 Å². The number of rotatable bonds is 9. The Morgan fingerprint density at radius 1 is 1.26 bits per heavy atom. The maximum absolute atomic E-state index is 11.3. The minimum absolute atomic E-state index is 0.247. The van der Waals surface area contributed by atoms with Crippen molar-refractivity contribution < 1.29 is 14.4 Å². The standard InChI is InChI=1S/C11H22N4O3S/c1-7(16)15-9(10(13)17)4-2-3-5-14-11(18)8(12)6-19/h8-9,19H,2-6,12H2,1H3,(H2,13,17)(H,14,18)(H,15,16). The highest BCUT2D eigenvalue weighted by molar-refractivity contribution is 7.80. The Morgan fingerprint density at radius 3 is 2.37 bits per heavy atom. The summed E-state index contributed by atoms with van der Waals surface area (Å²) in [5.41, 5.74) is 10.6. The van der Waals surface area contributed by atoms with E-state index in [0.717, 1.165) is 0 Å². The van der Waals surface area contributed by atoms with Gasteiger partial charge in [-0.25, -0.2) is 0 Å². The quantitative estimate of drug-likeness (QED) is 0.262. The van der Waals surface area contributed by atoms with Gasteiger partial charge in [-0.15, -0.1) is 0 Å². The summed E-state index contributed by atoms with van der Waals surface area (Å²) in [5, 5.41) is 5.14. The van der Waals surface area contributed by atoms with Gasteiger partial charge in [-0.1, -0.05) is 0 Å². The summed E-state index contributed by atoms with van der Waals surface area (Å²) in [5.74, 6) is -0.811. The van der Waals surface area contributed by atoms with Gasteiger partial charge in [0.2, 0.25) is 17.7 Å². The van der Waals surface area contributed by atoms with Gasteiger partial charge in [-0.3, -0.25) is 14.4 Å². The molecule has 2 unspecified atom stereocenters. The SMILES string of the molecule is CC(=O)NC(CCCCNC(=O)C(N)CS)C(N)=O. The van der Waals surface area contributed by atoms with Crippen LogP contribution in [0.1, 0.15) is 26.2 Å². The van der Waals surface area contributed by atoms with Crippen molar-refractivity contribution in [2.45, 2.75) is 38.3 Å². The first-order valence-electron chi connectivity index (χ1n) is 6.09. The zero-order valence-corrected chi connectivity index (χ0v) is 11.9. The molecule has 0 aromatic carbocycles. The van der Waals surface area contributed by atoms with Crippen molar-refractivity contribution >= 4 is 30.4 Å². The summed E-state index contributed by atoms with van der Waals surface area (Å²) in [6.45, 7) is 1.79. The number of nitrogens with one attached hydrogen (secondary N) is 2. The zero-order valence-electron chi connectivity index (χ0n) is 11.0. The van der Waals surface area contributed by atoms with Crippen LogP contribution < -0.4 is 22.1 Å². The summed E-state index contributed by atoms with van der Waals surface area (Å²) in [7, 11) is 0. The normalized spacial score (nSPS) is 13.4. The van der Waals surface area contributed by atoms with E-state index in [-0.39, 0.29) is 17.6 Å². The molecule has 0 spiro atoms. The van der Waals surface area contributed by atoms with E-state index in [2.05, 4.69) is 23.3 Å². The van der Waals surface area contributed by atoms with Crippen LogP contribution in [-0.4, -0.2) is 42.1 Å². The predicted octanol–water partition coefficient (Wildman–Crippen LogP) is -1.48. The van der Waals surface area contributed by atoms with Crippen molar-refractivity contribution in [1.82, 2.24) is 10.6 Å². The molecule has 0 aromatic heterocycles. The summed E-state index contributed by atoms with van der Waals surface area (Å²) in [6, 6.07) is -1.27. The number of hydrogen-bond donors (Lipinski definition) is 5. The van der Waals surface area contributed by atoms with E-state index >= 15 is 0 Å². The lowest BCUT2D eigenvalue weighted by Crippen LogP contribution is -2.44. The Hall–Kier alpha value is -1.28. The Kier molecular flexibility index (Phi) is 8.98. The molecule has 110 valence electrons. The molecule has 19 heavy (non-hydrogen) atoms. The van der Waals surface area contributed by atoms with E-state index in [1.54, 1.807) is 0 Å². The summed E-state index contributed by atoms with van der Waals surface area (Å²) in [6.07, 6.45) is 1.78. The van der Waals surface area contributed by atoms with Gasteiger partial charge in [0, 0.05) is 19.2 Å². The minimum atomic E-state index is -0.659. The number of unbranched alkanes of at least 4 members (excludes halogenated alkanes) is 1. The third-order valence-corrected chi connectivity index (χ3v) is 2.87. The molecule has 0 aliphatic heterocycles. The first-order valence-corrected chi connectivity index (χ1v) is 6.72. The molecule has 6 N–H and O–H groups in total. The fraction of sp³-hybridized carbons (Fsp3) is 0.727. The van der Waals surface area contributed by atoms with Gasteiger partial charge in [0.25, 0.3) is 0 Å². The maximum atomic E-state index is 11.3. The lowest BCUT2D eigenvalue weighted by Gasteiger charge is -2.14. The Bertz CT molecular complexity index is 325. The molecule has 7 nitrogen and oxygen atoms in total. The van der Waals surface area contributed by atoms with Crippen LogP contribution >= 0.6 is 12.6 Å². The van der Waals surface area contributed by atoms with Crippen molar-refractivity contribution in [2.24, 2.45) is 11.5 Å².